The van der Waals surface area contributed by atoms with Crippen LogP contribution in [0, 0.1) is 10.1 Å². The van der Waals surface area contributed by atoms with E-state index in [0.29, 0.717) is 6.42 Å². The number of nitro groups is 1. The fourth-order valence-corrected chi connectivity index (χ4v) is 2.66. The van der Waals surface area contributed by atoms with Crippen molar-refractivity contribution >= 4 is 15.7 Å². The van der Waals surface area contributed by atoms with Crippen LogP contribution in [0.3, 0.4) is 0 Å². The molecule has 7 nitrogen and oxygen atoms in total. The van der Waals surface area contributed by atoms with Crippen LogP contribution in [0.25, 0.3) is 0 Å². The first-order valence-corrected chi connectivity index (χ1v) is 6.41. The van der Waals surface area contributed by atoms with Gasteiger partial charge in [0, 0.05) is 24.2 Å². The van der Waals surface area contributed by atoms with Gasteiger partial charge in [0.2, 0.25) is 10.0 Å². The highest BCUT2D eigenvalue weighted by molar-refractivity contribution is 7.89. The minimum atomic E-state index is -3.63. The molecule has 0 aliphatic heterocycles. The molecule has 1 aromatic carbocycles. The molecule has 1 aliphatic carbocycles. The molecule has 1 aromatic rings. The molecule has 3 N–H and O–H groups in total. The van der Waals surface area contributed by atoms with Gasteiger partial charge in [0.25, 0.3) is 5.69 Å². The SMILES string of the molecule is N[C@@H]1C[C@@H]1NS(=O)(=O)c1ccc([N+](=O)[O-])cc1. The Morgan fingerprint density at radius 3 is 2.29 bits per heavy atom. The van der Waals surface area contributed by atoms with Gasteiger partial charge in [0.15, 0.2) is 0 Å². The molecule has 0 aromatic heterocycles. The summed E-state index contributed by atoms with van der Waals surface area (Å²) >= 11 is 0. The third-order valence-electron chi connectivity index (χ3n) is 2.50. The van der Waals surface area contributed by atoms with Crippen molar-refractivity contribution in [3.05, 3.63) is 34.4 Å². The third kappa shape index (κ3) is 2.60. The number of nitro benzene ring substituents is 1. The lowest BCUT2D eigenvalue weighted by Gasteiger charge is -2.05. The van der Waals surface area contributed by atoms with Gasteiger partial charge in [-0.25, -0.2) is 13.1 Å². The Labute approximate surface area is 97.8 Å². The molecule has 1 aliphatic rings. The maximum absolute atomic E-state index is 11.8. The maximum atomic E-state index is 11.8. The van der Waals surface area contributed by atoms with Crippen LogP contribution in [-0.2, 0) is 10.0 Å². The van der Waals surface area contributed by atoms with Gasteiger partial charge in [-0.1, -0.05) is 0 Å². The number of non-ortho nitro benzene ring substituents is 1. The molecule has 0 spiro atoms. The topological polar surface area (TPSA) is 115 Å². The summed E-state index contributed by atoms with van der Waals surface area (Å²) in [5.41, 5.74) is 5.35. The average molecular weight is 257 g/mol. The lowest BCUT2D eigenvalue weighted by Crippen LogP contribution is -2.29. The number of hydrogen-bond acceptors (Lipinski definition) is 5. The molecule has 0 radical (unpaired) electrons. The molecular weight excluding hydrogens is 246 g/mol. The molecule has 0 unspecified atom stereocenters. The Hall–Kier alpha value is -1.51. The highest BCUT2D eigenvalue weighted by Gasteiger charge is 2.37. The van der Waals surface area contributed by atoms with Crippen LogP contribution in [0.2, 0.25) is 0 Å². The number of hydrogen-bond donors (Lipinski definition) is 2. The van der Waals surface area contributed by atoms with Gasteiger partial charge >= 0.3 is 0 Å². The normalized spacial score (nSPS) is 23.4. The van der Waals surface area contributed by atoms with Gasteiger partial charge in [-0.3, -0.25) is 10.1 Å². The van der Waals surface area contributed by atoms with Gasteiger partial charge in [0.05, 0.1) is 9.82 Å². The fraction of sp³-hybridized carbons (Fsp3) is 0.333. The number of nitrogens with two attached hydrogens (primary N) is 1. The van der Waals surface area contributed by atoms with Gasteiger partial charge in [0.1, 0.15) is 0 Å². The van der Waals surface area contributed by atoms with E-state index >= 15 is 0 Å². The Kier molecular flexibility index (Phi) is 2.86. The summed E-state index contributed by atoms with van der Waals surface area (Å²) < 4.78 is 26.0. The van der Waals surface area contributed by atoms with Crippen molar-refractivity contribution in [3.8, 4) is 0 Å². The molecule has 0 heterocycles. The number of nitrogens with zero attached hydrogens (tertiary/aromatic N) is 1. The summed E-state index contributed by atoms with van der Waals surface area (Å²) in [6.07, 6.45) is 0.617. The highest BCUT2D eigenvalue weighted by atomic mass is 32.2. The number of benzene rings is 1. The predicted molar refractivity (Wildman–Crippen MR) is 59.8 cm³/mol. The van der Waals surface area contributed by atoms with Crippen LogP contribution in [-0.4, -0.2) is 25.4 Å². The van der Waals surface area contributed by atoms with Gasteiger partial charge < -0.3 is 5.73 Å². The smallest absolute Gasteiger partial charge is 0.269 e. The zero-order valence-electron chi connectivity index (χ0n) is 8.74. The molecule has 1 fully saturated rings. The first-order valence-electron chi connectivity index (χ1n) is 4.92. The van der Waals surface area contributed by atoms with Crippen LogP contribution in [0.5, 0.6) is 0 Å². The first kappa shape index (κ1) is 12.0. The molecule has 0 saturated heterocycles. The van der Waals surface area contributed by atoms with Crippen molar-refractivity contribution in [3.63, 3.8) is 0 Å². The summed E-state index contributed by atoms with van der Waals surface area (Å²) in [7, 11) is -3.63. The average Bonchev–Trinajstić information content (AvgIpc) is 2.93. The second-order valence-electron chi connectivity index (χ2n) is 3.88. The van der Waals surface area contributed by atoms with Crippen molar-refractivity contribution in [2.24, 2.45) is 5.73 Å². The number of nitrogens with one attached hydrogen (secondary N) is 1. The van der Waals surface area contributed by atoms with Gasteiger partial charge in [-0.05, 0) is 18.6 Å². The summed E-state index contributed by atoms with van der Waals surface area (Å²) in [5.74, 6) is 0. The Bertz CT molecular complexity index is 540. The molecule has 17 heavy (non-hydrogen) atoms. The molecule has 1 saturated carbocycles. The second kappa shape index (κ2) is 4.06. The molecule has 8 heteroatoms. The van der Waals surface area contributed by atoms with E-state index in [4.69, 9.17) is 5.73 Å². The lowest BCUT2D eigenvalue weighted by molar-refractivity contribution is -0.384. The Morgan fingerprint density at radius 2 is 1.88 bits per heavy atom. The van der Waals surface area contributed by atoms with E-state index in [2.05, 4.69) is 4.72 Å². The lowest BCUT2D eigenvalue weighted by atomic mass is 10.3. The van der Waals surface area contributed by atoms with Crippen molar-refractivity contribution in [2.75, 3.05) is 0 Å². The van der Waals surface area contributed by atoms with E-state index in [1.165, 1.54) is 12.1 Å². The fourth-order valence-electron chi connectivity index (χ4n) is 1.36. The van der Waals surface area contributed by atoms with Crippen LogP contribution in [0.15, 0.2) is 29.2 Å². The van der Waals surface area contributed by atoms with Crippen molar-refractivity contribution < 1.29 is 13.3 Å². The van der Waals surface area contributed by atoms with Gasteiger partial charge in [-0.15, -0.1) is 0 Å². The van der Waals surface area contributed by atoms with Crippen LogP contribution in [0.1, 0.15) is 6.42 Å². The molecule has 2 atom stereocenters. The van der Waals surface area contributed by atoms with E-state index in [1.807, 2.05) is 0 Å². The first-order chi connectivity index (χ1) is 7.90. The van der Waals surface area contributed by atoms with E-state index in [0.717, 1.165) is 12.1 Å². The summed E-state index contributed by atoms with van der Waals surface area (Å²) in [6.45, 7) is 0. The summed E-state index contributed by atoms with van der Waals surface area (Å²) in [4.78, 5) is 9.84. The highest BCUT2D eigenvalue weighted by Crippen LogP contribution is 2.22. The minimum absolute atomic E-state index is 0.00204. The van der Waals surface area contributed by atoms with E-state index in [9.17, 15) is 18.5 Å². The Morgan fingerprint density at radius 1 is 1.35 bits per heavy atom. The molecular formula is C9H11N3O4S. The van der Waals surface area contributed by atoms with Crippen LogP contribution in [0.4, 0.5) is 5.69 Å². The van der Waals surface area contributed by atoms with Crippen molar-refractivity contribution in [1.82, 2.24) is 4.72 Å². The third-order valence-corrected chi connectivity index (χ3v) is 4.01. The summed E-state index contributed by atoms with van der Waals surface area (Å²) in [5, 5.41) is 10.4. The van der Waals surface area contributed by atoms with Crippen molar-refractivity contribution in [1.29, 1.82) is 0 Å². The molecule has 92 valence electrons. The van der Waals surface area contributed by atoms with Gasteiger partial charge in [-0.2, -0.15) is 0 Å². The number of rotatable bonds is 4. The Balaban J connectivity index is 2.18. The maximum Gasteiger partial charge on any atom is 0.269 e. The van der Waals surface area contributed by atoms with E-state index in [-0.39, 0.29) is 22.7 Å². The quantitative estimate of drug-likeness (QED) is 0.580. The largest absolute Gasteiger partial charge is 0.326 e. The predicted octanol–water partition coefficient (Wildman–Crippen LogP) is -0.0273. The minimum Gasteiger partial charge on any atom is -0.326 e. The van der Waals surface area contributed by atoms with E-state index in [1.54, 1.807) is 0 Å². The zero-order chi connectivity index (χ0) is 12.6. The van der Waals surface area contributed by atoms with Crippen molar-refractivity contribution in [2.45, 2.75) is 23.4 Å². The molecule has 2 rings (SSSR count). The van der Waals surface area contributed by atoms with Crippen LogP contribution >= 0.6 is 0 Å². The zero-order valence-corrected chi connectivity index (χ0v) is 9.55. The molecule has 0 amide bonds. The summed E-state index contributed by atoms with van der Waals surface area (Å²) in [6, 6.07) is 4.35. The van der Waals surface area contributed by atoms with Crippen LogP contribution < -0.4 is 10.5 Å². The number of sulfonamides is 1. The second-order valence-corrected chi connectivity index (χ2v) is 5.59. The molecule has 0 bridgehead atoms. The van der Waals surface area contributed by atoms with E-state index < -0.39 is 14.9 Å². The monoisotopic (exact) mass is 257 g/mol. The standard InChI is InChI=1S/C9H11N3O4S/c10-8-5-9(8)11-17(15,16)7-3-1-6(2-4-7)12(13)14/h1-4,8-9,11H,5,10H2/t8-,9+/m1/s1.